The lowest BCUT2D eigenvalue weighted by Gasteiger charge is -2.34. The van der Waals surface area contributed by atoms with Crippen molar-refractivity contribution in [1.82, 2.24) is 19.3 Å². The molecule has 1 saturated carbocycles. The minimum Gasteiger partial charge on any atom is -0.493 e. The number of rotatable bonds is 8. The van der Waals surface area contributed by atoms with Crippen LogP contribution in [0, 0.1) is 11.8 Å². The van der Waals surface area contributed by atoms with Crippen molar-refractivity contribution in [1.29, 1.82) is 0 Å². The SMILES string of the molecule is O=C(O)c1ccc(OCC2CCCN(S(=O)(=O)CC3CCC(c4[nH]ccc5cnc6nccc6c45)CC3)C2)cc1. The van der Waals surface area contributed by atoms with Crippen LogP contribution in [0.25, 0.3) is 21.8 Å². The van der Waals surface area contributed by atoms with E-state index in [-0.39, 0.29) is 23.2 Å². The van der Waals surface area contributed by atoms with Crippen LogP contribution >= 0.6 is 0 Å². The smallest absolute Gasteiger partial charge is 0.335 e. The summed E-state index contributed by atoms with van der Waals surface area (Å²) in [5, 5.41) is 12.4. The Morgan fingerprint density at radius 2 is 1.82 bits per heavy atom. The van der Waals surface area contributed by atoms with Gasteiger partial charge in [0.1, 0.15) is 5.75 Å². The van der Waals surface area contributed by atoms with Gasteiger partial charge in [0.05, 0.1) is 17.9 Å². The standard InChI is InChI=1S/C30H34N4O5S/c35-30(36)23-7-9-25(10-8-23)39-18-21-2-1-15-34(17-21)40(37,38)19-20-3-5-22(6-4-20)28-27-24(11-13-31-28)16-33-29-26(27)12-14-32-29/h7-14,16,20-22,31H,1-6,15,17-19H2,(H,35,36). The fourth-order valence-corrected chi connectivity index (χ4v) is 8.35. The van der Waals surface area contributed by atoms with E-state index in [0.29, 0.717) is 31.4 Å². The van der Waals surface area contributed by atoms with Gasteiger partial charge >= 0.3 is 5.97 Å². The number of nitrogens with one attached hydrogen (secondary N) is 1. The van der Waals surface area contributed by atoms with Crippen molar-refractivity contribution in [3.05, 3.63) is 66.2 Å². The van der Waals surface area contributed by atoms with Gasteiger partial charge in [-0.2, -0.15) is 0 Å². The number of ether oxygens (including phenoxy) is 1. The van der Waals surface area contributed by atoms with Crippen LogP contribution in [0.15, 0.2) is 55.0 Å². The molecule has 2 aliphatic rings. The number of hydrogen-bond donors (Lipinski definition) is 2. The van der Waals surface area contributed by atoms with Crippen molar-refractivity contribution >= 4 is 37.8 Å². The zero-order valence-corrected chi connectivity index (χ0v) is 23.1. The Morgan fingerprint density at radius 1 is 1.02 bits per heavy atom. The Hall–Kier alpha value is -3.50. The van der Waals surface area contributed by atoms with E-state index in [4.69, 9.17) is 9.84 Å². The van der Waals surface area contributed by atoms with E-state index in [1.165, 1.54) is 23.2 Å². The third kappa shape index (κ3) is 5.55. The number of hydrogen-bond acceptors (Lipinski definition) is 6. The minimum atomic E-state index is -3.36. The molecule has 1 saturated heterocycles. The molecule has 1 aromatic carbocycles. The lowest BCUT2D eigenvalue weighted by Crippen LogP contribution is -2.43. The molecule has 2 N–H and O–H groups in total. The number of aromatic nitrogens is 3. The topological polar surface area (TPSA) is 125 Å². The number of piperidine rings is 1. The zero-order valence-electron chi connectivity index (χ0n) is 22.3. The molecule has 10 heteroatoms. The summed E-state index contributed by atoms with van der Waals surface area (Å²) in [6.07, 6.45) is 11.0. The molecule has 1 aliphatic carbocycles. The van der Waals surface area contributed by atoms with Crippen molar-refractivity contribution in [2.45, 2.75) is 44.4 Å². The van der Waals surface area contributed by atoms with E-state index < -0.39 is 16.0 Å². The van der Waals surface area contributed by atoms with E-state index in [9.17, 15) is 13.2 Å². The summed E-state index contributed by atoms with van der Waals surface area (Å²) in [5.41, 5.74) is 2.17. The molecular weight excluding hydrogens is 528 g/mol. The molecule has 0 radical (unpaired) electrons. The maximum atomic E-state index is 13.4. The molecule has 40 heavy (non-hydrogen) atoms. The lowest BCUT2D eigenvalue weighted by molar-refractivity contribution is 0.0697. The highest BCUT2D eigenvalue weighted by Gasteiger charge is 2.33. The van der Waals surface area contributed by atoms with Gasteiger partial charge in [0.25, 0.3) is 0 Å². The van der Waals surface area contributed by atoms with Gasteiger partial charge in [0, 0.05) is 59.5 Å². The molecule has 0 amide bonds. The second-order valence-electron chi connectivity index (χ2n) is 11.2. The first kappa shape index (κ1) is 26.7. The molecule has 2 fully saturated rings. The Balaban J connectivity index is 1.05. The van der Waals surface area contributed by atoms with Crippen molar-refractivity contribution in [3.8, 4) is 5.75 Å². The average molecular weight is 563 g/mol. The fraction of sp³-hybridized carbons (Fsp3) is 0.433. The first-order valence-electron chi connectivity index (χ1n) is 14.0. The third-order valence-corrected chi connectivity index (χ3v) is 10.5. The number of nitrogens with zero attached hydrogens (tertiary/aromatic N) is 3. The van der Waals surface area contributed by atoms with E-state index in [1.54, 1.807) is 22.6 Å². The van der Waals surface area contributed by atoms with E-state index in [0.717, 1.165) is 54.9 Å². The summed E-state index contributed by atoms with van der Waals surface area (Å²) >= 11 is 0. The maximum Gasteiger partial charge on any atom is 0.335 e. The predicted octanol–water partition coefficient (Wildman–Crippen LogP) is 5.20. The van der Waals surface area contributed by atoms with Gasteiger partial charge in [-0.3, -0.25) is 0 Å². The van der Waals surface area contributed by atoms with Crippen molar-refractivity contribution < 1.29 is 23.1 Å². The quantitative estimate of drug-likeness (QED) is 0.302. The monoisotopic (exact) mass is 562 g/mol. The van der Waals surface area contributed by atoms with Gasteiger partial charge in [-0.25, -0.2) is 27.5 Å². The van der Waals surface area contributed by atoms with Crippen molar-refractivity contribution in [2.75, 3.05) is 25.4 Å². The number of sulfonamides is 1. The second-order valence-corrected chi connectivity index (χ2v) is 13.2. The summed E-state index contributed by atoms with van der Waals surface area (Å²) < 4.78 is 34.4. The van der Waals surface area contributed by atoms with Crippen molar-refractivity contribution in [2.24, 2.45) is 11.8 Å². The number of carboxylic acid groups (broad SMARTS) is 1. The molecule has 6 rings (SSSR count). The van der Waals surface area contributed by atoms with Gasteiger partial charge in [-0.1, -0.05) is 0 Å². The molecule has 9 nitrogen and oxygen atoms in total. The average Bonchev–Trinajstić information content (AvgIpc) is 3.46. The highest BCUT2D eigenvalue weighted by atomic mass is 32.2. The van der Waals surface area contributed by atoms with E-state index in [2.05, 4.69) is 15.0 Å². The maximum absolute atomic E-state index is 13.4. The number of H-pyrrole nitrogens is 1. The lowest BCUT2D eigenvalue weighted by atomic mass is 9.80. The molecule has 0 spiro atoms. The van der Waals surface area contributed by atoms with Crippen LogP contribution in [0.1, 0.15) is 60.5 Å². The fourth-order valence-electron chi connectivity index (χ4n) is 6.36. The molecule has 1 unspecified atom stereocenters. The van der Waals surface area contributed by atoms with Crippen LogP contribution in [-0.4, -0.2) is 64.2 Å². The molecule has 3 aromatic heterocycles. The number of aromatic carboxylic acids is 1. The zero-order chi connectivity index (χ0) is 27.7. The number of aromatic amines is 1. The van der Waals surface area contributed by atoms with Crippen LogP contribution in [0.5, 0.6) is 5.75 Å². The van der Waals surface area contributed by atoms with E-state index in [1.807, 2.05) is 24.5 Å². The second kappa shape index (κ2) is 11.2. The van der Waals surface area contributed by atoms with Crippen LogP contribution in [-0.2, 0) is 10.0 Å². The molecule has 4 heterocycles. The Morgan fingerprint density at radius 3 is 2.60 bits per heavy atom. The van der Waals surface area contributed by atoms with Gasteiger partial charge in [0.2, 0.25) is 10.0 Å². The van der Waals surface area contributed by atoms with Crippen molar-refractivity contribution in [3.63, 3.8) is 0 Å². The van der Waals surface area contributed by atoms with Crippen LogP contribution in [0.4, 0.5) is 0 Å². The Labute approximate surface area is 233 Å². The number of pyridine rings is 2. The highest BCUT2D eigenvalue weighted by molar-refractivity contribution is 7.89. The molecule has 4 aromatic rings. The summed E-state index contributed by atoms with van der Waals surface area (Å²) in [6, 6.07) is 10.4. The minimum absolute atomic E-state index is 0.109. The van der Waals surface area contributed by atoms with E-state index >= 15 is 0 Å². The highest BCUT2D eigenvalue weighted by Crippen LogP contribution is 2.40. The summed E-state index contributed by atoms with van der Waals surface area (Å²) in [4.78, 5) is 23.4. The molecule has 0 bridgehead atoms. The number of benzene rings is 1. The molecular formula is C30H34N4O5S. The van der Waals surface area contributed by atoms with Gasteiger partial charge in [0.15, 0.2) is 5.65 Å². The first-order chi connectivity index (χ1) is 19.4. The third-order valence-electron chi connectivity index (χ3n) is 8.50. The summed E-state index contributed by atoms with van der Waals surface area (Å²) in [7, 11) is -3.36. The van der Waals surface area contributed by atoms with Gasteiger partial charge in [-0.15, -0.1) is 0 Å². The summed E-state index contributed by atoms with van der Waals surface area (Å²) in [6.45, 7) is 1.44. The van der Waals surface area contributed by atoms with Crippen LogP contribution in [0.2, 0.25) is 0 Å². The normalized spacial score (nSPS) is 22.4. The molecule has 1 atom stereocenters. The Bertz CT molecular complexity index is 1610. The number of carboxylic acids is 1. The molecule has 1 aliphatic heterocycles. The molecule has 210 valence electrons. The Kier molecular flexibility index (Phi) is 7.46. The van der Waals surface area contributed by atoms with Crippen LogP contribution in [0.3, 0.4) is 0 Å². The van der Waals surface area contributed by atoms with Gasteiger partial charge < -0.3 is 14.8 Å². The first-order valence-corrected chi connectivity index (χ1v) is 15.6. The number of carbonyl (C=O) groups is 1. The van der Waals surface area contributed by atoms with Gasteiger partial charge in [-0.05, 0) is 86.8 Å². The predicted molar refractivity (Wildman–Crippen MR) is 153 cm³/mol. The summed E-state index contributed by atoms with van der Waals surface area (Å²) in [5.74, 6) is 0.431. The number of fused-ring (bicyclic) bond motifs is 3. The van der Waals surface area contributed by atoms with Crippen LogP contribution < -0.4 is 4.74 Å². The largest absolute Gasteiger partial charge is 0.493 e.